The van der Waals surface area contributed by atoms with Crippen molar-refractivity contribution in [1.82, 2.24) is 9.97 Å². The predicted octanol–water partition coefficient (Wildman–Crippen LogP) is 8.83. The van der Waals surface area contributed by atoms with Crippen molar-refractivity contribution in [2.24, 2.45) is 0 Å². The lowest BCUT2D eigenvalue weighted by atomic mass is 10.1. The first-order valence-corrected chi connectivity index (χ1v) is 12.7. The van der Waals surface area contributed by atoms with Crippen molar-refractivity contribution in [1.29, 1.82) is 0 Å². The summed E-state index contributed by atoms with van der Waals surface area (Å²) in [4.78, 5) is 6.65. The van der Waals surface area contributed by atoms with Crippen LogP contribution in [0.3, 0.4) is 0 Å². The molecule has 0 bridgehead atoms. The second-order valence-corrected chi connectivity index (χ2v) is 7.81. The van der Waals surface area contributed by atoms with Crippen molar-refractivity contribution in [3.8, 4) is 0 Å². The molecule has 0 unspecified atom stereocenters. The third-order valence-electron chi connectivity index (χ3n) is 4.24. The number of fused-ring (bicyclic) bond motifs is 1. The second-order valence-electron chi connectivity index (χ2n) is 7.00. The molecule has 0 fully saturated rings. The van der Waals surface area contributed by atoms with Crippen molar-refractivity contribution in [3.63, 3.8) is 0 Å². The molecule has 0 spiro atoms. The maximum atomic E-state index is 4.58. The van der Waals surface area contributed by atoms with Gasteiger partial charge in [-0.15, -0.1) is 0 Å². The molecular formula is C33H34N2O2S. The molecule has 3 N–H and O–H groups in total. The number of nitrogens with one attached hydrogen (secondary N) is 1. The van der Waals surface area contributed by atoms with E-state index in [0.29, 0.717) is 0 Å². The average Bonchev–Trinajstić information content (AvgIpc) is 3.83. The van der Waals surface area contributed by atoms with Gasteiger partial charge in [0.15, 0.2) is 0 Å². The molecule has 3 aromatic carbocycles. The van der Waals surface area contributed by atoms with Crippen LogP contribution >= 0.6 is 11.3 Å². The number of H-pyrrole nitrogens is 1. The molecular weight excluding hydrogens is 488 g/mol. The lowest BCUT2D eigenvalue weighted by Crippen LogP contribution is -1.67. The number of benzene rings is 3. The van der Waals surface area contributed by atoms with Crippen LogP contribution in [0.5, 0.6) is 0 Å². The number of hydrogen-bond donors (Lipinski definition) is 1. The largest absolute Gasteiger partial charge is 0.473 e. The van der Waals surface area contributed by atoms with E-state index in [2.05, 4.69) is 62.9 Å². The SMILES string of the molecule is O.c1cc[nH]c1.c1ccc2ccccc2c1.c1ccccc1.c1ccncc1.c1ccoc1.c1ccsc1. The molecule has 4 heterocycles. The van der Waals surface area contributed by atoms with Crippen LogP contribution in [0, 0.1) is 0 Å². The van der Waals surface area contributed by atoms with Gasteiger partial charge in [0.2, 0.25) is 0 Å². The Labute approximate surface area is 229 Å². The lowest BCUT2D eigenvalue weighted by Gasteiger charge is -1.92. The Hall–Kier alpha value is -4.71. The Morgan fingerprint density at radius 2 is 0.895 bits per heavy atom. The molecule has 5 heteroatoms. The molecule has 7 aromatic rings. The van der Waals surface area contributed by atoms with Gasteiger partial charge in [-0.05, 0) is 57.9 Å². The van der Waals surface area contributed by atoms with Crippen LogP contribution in [0.4, 0.5) is 0 Å². The highest BCUT2D eigenvalue weighted by atomic mass is 32.1. The highest BCUT2D eigenvalue weighted by Gasteiger charge is 1.85. The van der Waals surface area contributed by atoms with E-state index in [1.54, 1.807) is 36.3 Å². The van der Waals surface area contributed by atoms with Crippen molar-refractivity contribution < 1.29 is 9.89 Å². The van der Waals surface area contributed by atoms with E-state index in [9.17, 15) is 0 Å². The highest BCUT2D eigenvalue weighted by Crippen LogP contribution is 2.11. The average molecular weight is 523 g/mol. The third kappa shape index (κ3) is 17.7. The summed E-state index contributed by atoms with van der Waals surface area (Å²) in [5.41, 5.74) is 0. The number of thiophene rings is 1. The first-order chi connectivity index (χ1) is 18.5. The fourth-order valence-corrected chi connectivity index (χ4v) is 3.02. The van der Waals surface area contributed by atoms with Crippen molar-refractivity contribution in [2.75, 3.05) is 0 Å². The summed E-state index contributed by atoms with van der Waals surface area (Å²) in [6, 6.07) is 46.0. The van der Waals surface area contributed by atoms with E-state index in [1.807, 2.05) is 114 Å². The van der Waals surface area contributed by atoms with Gasteiger partial charge >= 0.3 is 0 Å². The molecule has 7 rings (SSSR count). The molecule has 0 aliphatic heterocycles. The van der Waals surface area contributed by atoms with Crippen LogP contribution in [0.2, 0.25) is 0 Å². The van der Waals surface area contributed by atoms with Crippen LogP contribution in [-0.2, 0) is 0 Å². The molecule has 0 radical (unpaired) electrons. The number of aromatic nitrogens is 2. The van der Waals surface area contributed by atoms with Gasteiger partial charge in [0.1, 0.15) is 0 Å². The van der Waals surface area contributed by atoms with E-state index >= 15 is 0 Å². The van der Waals surface area contributed by atoms with Gasteiger partial charge in [-0.25, -0.2) is 0 Å². The normalized spacial score (nSPS) is 8.32. The van der Waals surface area contributed by atoms with E-state index in [-0.39, 0.29) is 5.48 Å². The van der Waals surface area contributed by atoms with Gasteiger partial charge in [0.05, 0.1) is 12.5 Å². The first-order valence-electron chi connectivity index (χ1n) is 11.8. The maximum absolute atomic E-state index is 4.58. The van der Waals surface area contributed by atoms with Gasteiger partial charge in [-0.2, -0.15) is 11.3 Å². The molecule has 4 aromatic heterocycles. The number of aromatic amines is 1. The minimum absolute atomic E-state index is 0. The maximum Gasteiger partial charge on any atom is 0.0902 e. The topological polar surface area (TPSA) is 73.3 Å². The minimum atomic E-state index is 0. The summed E-state index contributed by atoms with van der Waals surface area (Å²) in [5.74, 6) is 0. The highest BCUT2D eigenvalue weighted by molar-refractivity contribution is 7.07. The van der Waals surface area contributed by atoms with Crippen LogP contribution in [-0.4, -0.2) is 15.4 Å². The predicted molar refractivity (Wildman–Crippen MR) is 162 cm³/mol. The van der Waals surface area contributed by atoms with E-state index in [1.165, 1.54) is 10.8 Å². The molecule has 0 saturated heterocycles. The standard InChI is InChI=1S/C10H8.C6H6.C5H5N.C4H5N.C4H4O.C4H4S.H2O/c1-2-6-10-8-4-3-7-9(10)5-1;2*1-2-4-6-5-3-1;3*1-2-4-5-3-1;/h1-8H;1-6H;1-5H;1-5H;2*1-4H;1H2. The van der Waals surface area contributed by atoms with Gasteiger partial charge in [-0.1, -0.05) is 103 Å². The molecule has 194 valence electrons. The van der Waals surface area contributed by atoms with Crippen molar-refractivity contribution in [2.45, 2.75) is 0 Å². The number of furan rings is 1. The Kier molecular flexibility index (Phi) is 19.8. The zero-order valence-corrected chi connectivity index (χ0v) is 22.0. The summed E-state index contributed by atoms with van der Waals surface area (Å²) in [6.07, 6.45) is 10.5. The van der Waals surface area contributed by atoms with Crippen molar-refractivity contribution in [3.05, 3.63) is 188 Å². The Balaban J connectivity index is 0.000000232. The van der Waals surface area contributed by atoms with Crippen LogP contribution < -0.4 is 0 Å². The summed E-state index contributed by atoms with van der Waals surface area (Å²) >= 11 is 1.71. The summed E-state index contributed by atoms with van der Waals surface area (Å²) < 4.78 is 4.58. The lowest BCUT2D eigenvalue weighted by molar-refractivity contribution is 0.567. The number of rotatable bonds is 0. The smallest absolute Gasteiger partial charge is 0.0902 e. The fourth-order valence-electron chi connectivity index (χ4n) is 2.56. The first kappa shape index (κ1) is 31.3. The molecule has 0 amide bonds. The summed E-state index contributed by atoms with van der Waals surface area (Å²) in [7, 11) is 0. The molecule has 4 nitrogen and oxygen atoms in total. The molecule has 0 atom stereocenters. The molecule has 38 heavy (non-hydrogen) atoms. The van der Waals surface area contributed by atoms with Gasteiger partial charge < -0.3 is 14.9 Å². The summed E-state index contributed by atoms with van der Waals surface area (Å²) in [6.45, 7) is 0. The Morgan fingerprint density at radius 3 is 1.11 bits per heavy atom. The zero-order chi connectivity index (χ0) is 25.9. The van der Waals surface area contributed by atoms with Crippen molar-refractivity contribution >= 4 is 22.1 Å². The summed E-state index contributed by atoms with van der Waals surface area (Å²) in [5, 5.41) is 6.70. The minimum Gasteiger partial charge on any atom is -0.473 e. The quantitative estimate of drug-likeness (QED) is 0.216. The Morgan fingerprint density at radius 1 is 0.474 bits per heavy atom. The number of nitrogens with zero attached hydrogens (tertiary/aromatic N) is 1. The van der Waals surface area contributed by atoms with E-state index in [4.69, 9.17) is 0 Å². The molecule has 0 aliphatic rings. The fraction of sp³-hybridized carbons (Fsp3) is 0. The van der Waals surface area contributed by atoms with Crippen LogP contribution in [0.1, 0.15) is 0 Å². The van der Waals surface area contributed by atoms with Gasteiger partial charge in [-0.3, -0.25) is 4.98 Å². The number of pyridine rings is 1. The second kappa shape index (κ2) is 24.0. The van der Waals surface area contributed by atoms with Crippen LogP contribution in [0.25, 0.3) is 10.8 Å². The number of hydrogen-bond acceptors (Lipinski definition) is 3. The monoisotopic (exact) mass is 522 g/mol. The van der Waals surface area contributed by atoms with Crippen LogP contribution in [0.15, 0.2) is 192 Å². The zero-order valence-electron chi connectivity index (χ0n) is 21.2. The third-order valence-corrected chi connectivity index (χ3v) is 4.87. The van der Waals surface area contributed by atoms with E-state index < -0.39 is 0 Å². The van der Waals surface area contributed by atoms with E-state index in [0.717, 1.165) is 0 Å². The molecule has 0 aliphatic carbocycles. The van der Waals surface area contributed by atoms with Gasteiger partial charge in [0.25, 0.3) is 0 Å². The van der Waals surface area contributed by atoms with Gasteiger partial charge in [0, 0.05) is 24.8 Å². The molecule has 0 saturated carbocycles. The Bertz CT molecular complexity index is 1040.